The fourth-order valence-corrected chi connectivity index (χ4v) is 3.57. The van der Waals surface area contributed by atoms with Crippen LogP contribution in [0.3, 0.4) is 0 Å². The predicted octanol–water partition coefficient (Wildman–Crippen LogP) is 2.07. The van der Waals surface area contributed by atoms with E-state index in [0.29, 0.717) is 23.7 Å². The SMILES string of the molecule is Cc1nc(CC2CCCN(Cc3nc4ccccc4c(=O)[nH]3)C2)no1. The Hall–Kier alpha value is -2.54. The summed E-state index contributed by atoms with van der Waals surface area (Å²) >= 11 is 0. The predicted molar refractivity (Wildman–Crippen MR) is 93.1 cm³/mol. The van der Waals surface area contributed by atoms with E-state index in [1.165, 1.54) is 0 Å². The fourth-order valence-electron chi connectivity index (χ4n) is 3.57. The van der Waals surface area contributed by atoms with Gasteiger partial charge in [-0.3, -0.25) is 9.69 Å². The first-order chi connectivity index (χ1) is 12.2. The first kappa shape index (κ1) is 16.0. The van der Waals surface area contributed by atoms with Crippen LogP contribution in [0.4, 0.5) is 0 Å². The molecule has 25 heavy (non-hydrogen) atoms. The van der Waals surface area contributed by atoms with Crippen molar-refractivity contribution in [3.05, 3.63) is 52.2 Å². The van der Waals surface area contributed by atoms with Gasteiger partial charge in [-0.1, -0.05) is 17.3 Å². The van der Waals surface area contributed by atoms with E-state index in [-0.39, 0.29) is 5.56 Å². The second-order valence-electron chi connectivity index (χ2n) is 6.71. The fraction of sp³-hybridized carbons (Fsp3) is 0.444. The van der Waals surface area contributed by atoms with E-state index in [1.807, 2.05) is 25.1 Å². The summed E-state index contributed by atoms with van der Waals surface area (Å²) < 4.78 is 5.06. The lowest BCUT2D eigenvalue weighted by Crippen LogP contribution is -2.36. The zero-order valence-corrected chi connectivity index (χ0v) is 14.2. The quantitative estimate of drug-likeness (QED) is 0.783. The highest BCUT2D eigenvalue weighted by atomic mass is 16.5. The second kappa shape index (κ2) is 6.76. The zero-order chi connectivity index (χ0) is 17.2. The number of para-hydroxylation sites is 1. The molecular formula is C18H21N5O2. The Balaban J connectivity index is 1.46. The number of piperidine rings is 1. The Kier molecular flexibility index (Phi) is 4.31. The number of aromatic nitrogens is 4. The van der Waals surface area contributed by atoms with E-state index in [4.69, 9.17) is 4.52 Å². The van der Waals surface area contributed by atoms with E-state index in [0.717, 1.165) is 49.5 Å². The standard InChI is InChI=1S/C18H21N5O2/c1-12-19-16(22-25-12)9-13-5-4-8-23(10-13)11-17-20-15-7-3-2-6-14(15)18(24)21-17/h2-3,6-7,13H,4-5,8-11H2,1H3,(H,20,21,24). The lowest BCUT2D eigenvalue weighted by molar-refractivity contribution is 0.162. The topological polar surface area (TPSA) is 87.9 Å². The number of aryl methyl sites for hydroxylation is 1. The molecule has 0 aliphatic carbocycles. The summed E-state index contributed by atoms with van der Waals surface area (Å²) in [6.45, 7) is 4.43. The maximum Gasteiger partial charge on any atom is 0.258 e. The molecule has 0 radical (unpaired) electrons. The van der Waals surface area contributed by atoms with Crippen molar-refractivity contribution in [2.75, 3.05) is 13.1 Å². The van der Waals surface area contributed by atoms with Gasteiger partial charge in [0.1, 0.15) is 5.82 Å². The monoisotopic (exact) mass is 339 g/mol. The molecule has 1 N–H and O–H groups in total. The summed E-state index contributed by atoms with van der Waals surface area (Å²) in [5, 5.41) is 4.63. The molecule has 0 amide bonds. The third-order valence-electron chi connectivity index (χ3n) is 4.68. The summed E-state index contributed by atoms with van der Waals surface area (Å²) in [6.07, 6.45) is 3.11. The third-order valence-corrected chi connectivity index (χ3v) is 4.68. The summed E-state index contributed by atoms with van der Waals surface area (Å²) in [5.41, 5.74) is 0.675. The lowest BCUT2D eigenvalue weighted by Gasteiger charge is -2.31. The summed E-state index contributed by atoms with van der Waals surface area (Å²) in [7, 11) is 0. The molecule has 130 valence electrons. The minimum absolute atomic E-state index is 0.0727. The summed E-state index contributed by atoms with van der Waals surface area (Å²) in [4.78, 5) is 26.4. The Morgan fingerprint density at radius 3 is 3.04 bits per heavy atom. The van der Waals surface area contributed by atoms with Crippen molar-refractivity contribution in [1.82, 2.24) is 25.0 Å². The van der Waals surface area contributed by atoms with Crippen molar-refractivity contribution in [1.29, 1.82) is 0 Å². The van der Waals surface area contributed by atoms with Crippen molar-refractivity contribution in [2.45, 2.75) is 32.7 Å². The largest absolute Gasteiger partial charge is 0.340 e. The van der Waals surface area contributed by atoms with Gasteiger partial charge in [0.05, 0.1) is 17.4 Å². The molecule has 7 heteroatoms. The average molecular weight is 339 g/mol. The molecule has 7 nitrogen and oxygen atoms in total. The summed E-state index contributed by atoms with van der Waals surface area (Å²) in [6, 6.07) is 7.44. The van der Waals surface area contributed by atoms with Crippen LogP contribution < -0.4 is 5.56 Å². The van der Waals surface area contributed by atoms with Crippen molar-refractivity contribution in [3.8, 4) is 0 Å². The van der Waals surface area contributed by atoms with Crippen LogP contribution >= 0.6 is 0 Å². The maximum absolute atomic E-state index is 12.2. The molecule has 0 saturated carbocycles. The minimum Gasteiger partial charge on any atom is -0.340 e. The van der Waals surface area contributed by atoms with Gasteiger partial charge in [0.15, 0.2) is 5.82 Å². The van der Waals surface area contributed by atoms with Gasteiger partial charge in [-0.2, -0.15) is 4.98 Å². The number of likely N-dealkylation sites (tertiary alicyclic amines) is 1. The van der Waals surface area contributed by atoms with E-state index >= 15 is 0 Å². The van der Waals surface area contributed by atoms with Crippen LogP contribution in [0.15, 0.2) is 33.6 Å². The van der Waals surface area contributed by atoms with Crippen LogP contribution in [0.25, 0.3) is 10.9 Å². The van der Waals surface area contributed by atoms with Crippen LogP contribution in [0, 0.1) is 12.8 Å². The Labute approximate surface area is 145 Å². The molecule has 1 fully saturated rings. The zero-order valence-electron chi connectivity index (χ0n) is 14.2. The normalized spacial score (nSPS) is 18.7. The molecule has 1 atom stereocenters. The van der Waals surface area contributed by atoms with Gasteiger partial charge in [0.25, 0.3) is 5.56 Å². The van der Waals surface area contributed by atoms with Crippen molar-refractivity contribution < 1.29 is 4.52 Å². The number of hydrogen-bond acceptors (Lipinski definition) is 6. The van der Waals surface area contributed by atoms with Gasteiger partial charge >= 0.3 is 0 Å². The van der Waals surface area contributed by atoms with E-state index in [1.54, 1.807) is 6.07 Å². The molecule has 4 rings (SSSR count). The highest BCUT2D eigenvalue weighted by molar-refractivity contribution is 5.77. The van der Waals surface area contributed by atoms with Crippen molar-refractivity contribution in [3.63, 3.8) is 0 Å². The van der Waals surface area contributed by atoms with Gasteiger partial charge in [0, 0.05) is 19.9 Å². The van der Waals surface area contributed by atoms with Crippen LogP contribution in [0.2, 0.25) is 0 Å². The molecule has 3 heterocycles. The average Bonchev–Trinajstić information content (AvgIpc) is 3.00. The third kappa shape index (κ3) is 3.61. The Bertz CT molecular complexity index is 932. The first-order valence-electron chi connectivity index (χ1n) is 8.67. The van der Waals surface area contributed by atoms with Gasteiger partial charge in [0.2, 0.25) is 5.89 Å². The maximum atomic E-state index is 12.2. The Morgan fingerprint density at radius 1 is 1.32 bits per heavy atom. The summed E-state index contributed by atoms with van der Waals surface area (Å²) in [5.74, 6) is 2.61. The molecule has 1 aliphatic rings. The minimum atomic E-state index is -0.0727. The van der Waals surface area contributed by atoms with Crippen LogP contribution in [0.5, 0.6) is 0 Å². The number of aromatic amines is 1. The number of fused-ring (bicyclic) bond motifs is 1. The van der Waals surface area contributed by atoms with Gasteiger partial charge < -0.3 is 9.51 Å². The number of rotatable bonds is 4. The number of nitrogens with zero attached hydrogens (tertiary/aromatic N) is 4. The molecule has 1 aromatic carbocycles. The lowest BCUT2D eigenvalue weighted by atomic mass is 9.94. The molecule has 1 unspecified atom stereocenters. The number of hydrogen-bond donors (Lipinski definition) is 1. The molecule has 0 bridgehead atoms. The van der Waals surface area contributed by atoms with Crippen LogP contribution in [-0.2, 0) is 13.0 Å². The van der Waals surface area contributed by atoms with E-state index < -0.39 is 0 Å². The van der Waals surface area contributed by atoms with Crippen molar-refractivity contribution in [2.24, 2.45) is 5.92 Å². The van der Waals surface area contributed by atoms with Crippen molar-refractivity contribution >= 4 is 10.9 Å². The highest BCUT2D eigenvalue weighted by Crippen LogP contribution is 2.21. The number of benzene rings is 1. The Morgan fingerprint density at radius 2 is 2.20 bits per heavy atom. The van der Waals surface area contributed by atoms with E-state index in [9.17, 15) is 4.79 Å². The first-order valence-corrected chi connectivity index (χ1v) is 8.67. The molecule has 3 aromatic rings. The smallest absolute Gasteiger partial charge is 0.258 e. The molecule has 0 spiro atoms. The van der Waals surface area contributed by atoms with Crippen LogP contribution in [-0.4, -0.2) is 38.1 Å². The van der Waals surface area contributed by atoms with Gasteiger partial charge in [-0.25, -0.2) is 4.98 Å². The van der Waals surface area contributed by atoms with Crippen LogP contribution in [0.1, 0.15) is 30.4 Å². The highest BCUT2D eigenvalue weighted by Gasteiger charge is 2.22. The number of H-pyrrole nitrogens is 1. The molecular weight excluding hydrogens is 318 g/mol. The second-order valence-corrected chi connectivity index (χ2v) is 6.71. The molecule has 1 aliphatic heterocycles. The van der Waals surface area contributed by atoms with Gasteiger partial charge in [-0.05, 0) is 37.4 Å². The molecule has 2 aromatic heterocycles. The van der Waals surface area contributed by atoms with E-state index in [2.05, 4.69) is 25.0 Å². The molecule has 1 saturated heterocycles. The number of nitrogens with one attached hydrogen (secondary N) is 1. The van der Waals surface area contributed by atoms with Gasteiger partial charge in [-0.15, -0.1) is 0 Å².